The second-order valence-corrected chi connectivity index (χ2v) is 6.06. The van der Waals surface area contributed by atoms with Gasteiger partial charge in [-0.25, -0.2) is 4.79 Å². The van der Waals surface area contributed by atoms with Crippen LogP contribution in [0.2, 0.25) is 0 Å². The Morgan fingerprint density at radius 3 is 2.54 bits per heavy atom. The minimum atomic E-state index is -0.388. The molecule has 0 aliphatic rings. The topological polar surface area (TPSA) is 97.5 Å². The SMILES string of the molecule is COc1cccc(-n2nnn(C)c2=O)c1COc1ccc(OC(C)=O)cc1C. The molecule has 0 amide bonds. The Kier molecular flexibility index (Phi) is 5.44. The van der Waals surface area contributed by atoms with E-state index in [-0.39, 0.29) is 18.3 Å². The van der Waals surface area contributed by atoms with Crippen molar-refractivity contribution in [1.29, 1.82) is 0 Å². The molecule has 3 rings (SSSR count). The van der Waals surface area contributed by atoms with E-state index in [0.29, 0.717) is 28.5 Å². The zero-order valence-electron chi connectivity index (χ0n) is 16.0. The molecule has 0 radical (unpaired) electrons. The predicted octanol–water partition coefficient (Wildman–Crippen LogP) is 1.79. The lowest BCUT2D eigenvalue weighted by Gasteiger charge is -2.15. The summed E-state index contributed by atoms with van der Waals surface area (Å²) in [5, 5.41) is 7.64. The van der Waals surface area contributed by atoms with E-state index in [1.165, 1.54) is 18.7 Å². The van der Waals surface area contributed by atoms with Crippen molar-refractivity contribution in [3.63, 3.8) is 0 Å². The van der Waals surface area contributed by atoms with Gasteiger partial charge in [-0.15, -0.1) is 0 Å². The van der Waals surface area contributed by atoms with Gasteiger partial charge in [-0.1, -0.05) is 6.07 Å². The number of tetrazole rings is 1. The molecule has 9 heteroatoms. The summed E-state index contributed by atoms with van der Waals surface area (Å²) < 4.78 is 18.8. The van der Waals surface area contributed by atoms with Crippen molar-refractivity contribution in [2.75, 3.05) is 7.11 Å². The van der Waals surface area contributed by atoms with Crippen LogP contribution >= 0.6 is 0 Å². The Balaban J connectivity index is 1.91. The van der Waals surface area contributed by atoms with Gasteiger partial charge in [-0.2, -0.15) is 9.36 Å². The van der Waals surface area contributed by atoms with Gasteiger partial charge in [0, 0.05) is 14.0 Å². The van der Waals surface area contributed by atoms with Crippen molar-refractivity contribution in [3.05, 3.63) is 58.0 Å². The average molecular weight is 384 g/mol. The highest BCUT2D eigenvalue weighted by molar-refractivity contribution is 5.69. The van der Waals surface area contributed by atoms with Crippen LogP contribution < -0.4 is 19.9 Å². The van der Waals surface area contributed by atoms with Gasteiger partial charge in [0.2, 0.25) is 0 Å². The highest BCUT2D eigenvalue weighted by Crippen LogP contribution is 2.28. The maximum absolute atomic E-state index is 12.3. The number of nitrogens with zero attached hydrogens (tertiary/aromatic N) is 4. The molecular formula is C19H20N4O5. The standard InChI is InChI=1S/C19H20N4O5/c1-12-10-14(28-13(2)24)8-9-17(12)27-11-15-16(6-5-7-18(15)26-4)23-19(25)22(3)20-21-23/h5-10H,11H2,1-4H3. The van der Waals surface area contributed by atoms with E-state index in [0.717, 1.165) is 10.2 Å². The fourth-order valence-electron chi connectivity index (χ4n) is 2.72. The van der Waals surface area contributed by atoms with Crippen LogP contribution in [0.4, 0.5) is 0 Å². The smallest absolute Gasteiger partial charge is 0.368 e. The first-order valence-electron chi connectivity index (χ1n) is 8.48. The molecule has 3 aromatic rings. The summed E-state index contributed by atoms with van der Waals surface area (Å²) in [5.74, 6) is 1.23. The molecule has 0 N–H and O–H groups in total. The van der Waals surface area contributed by atoms with E-state index >= 15 is 0 Å². The number of carbonyl (C=O) groups is 1. The molecule has 146 valence electrons. The van der Waals surface area contributed by atoms with Crippen molar-refractivity contribution in [1.82, 2.24) is 19.8 Å². The monoisotopic (exact) mass is 384 g/mol. The minimum Gasteiger partial charge on any atom is -0.496 e. The van der Waals surface area contributed by atoms with E-state index < -0.39 is 0 Å². The Labute approximate surface area is 161 Å². The number of aryl methyl sites for hydroxylation is 2. The third-order valence-corrected chi connectivity index (χ3v) is 4.06. The van der Waals surface area contributed by atoms with Crippen molar-refractivity contribution < 1.29 is 19.0 Å². The van der Waals surface area contributed by atoms with E-state index in [9.17, 15) is 9.59 Å². The van der Waals surface area contributed by atoms with E-state index in [4.69, 9.17) is 14.2 Å². The highest BCUT2D eigenvalue weighted by atomic mass is 16.5. The number of hydrogen-bond donors (Lipinski definition) is 0. The fraction of sp³-hybridized carbons (Fsp3) is 0.263. The maximum atomic E-state index is 12.3. The summed E-state index contributed by atoms with van der Waals surface area (Å²) in [6, 6.07) is 10.4. The lowest BCUT2D eigenvalue weighted by atomic mass is 10.1. The summed E-state index contributed by atoms with van der Waals surface area (Å²) in [7, 11) is 3.07. The molecule has 2 aromatic carbocycles. The zero-order chi connectivity index (χ0) is 20.3. The number of aromatic nitrogens is 4. The Hall–Kier alpha value is -3.62. The molecule has 0 fully saturated rings. The van der Waals surface area contributed by atoms with Gasteiger partial charge in [0.05, 0.1) is 18.4 Å². The van der Waals surface area contributed by atoms with Crippen molar-refractivity contribution in [3.8, 4) is 22.9 Å². The van der Waals surface area contributed by atoms with E-state index in [2.05, 4.69) is 10.4 Å². The molecule has 0 aliphatic carbocycles. The number of carbonyl (C=O) groups excluding carboxylic acids is 1. The molecule has 0 saturated heterocycles. The molecule has 0 bridgehead atoms. The lowest BCUT2D eigenvalue weighted by Crippen LogP contribution is -2.23. The molecule has 0 atom stereocenters. The van der Waals surface area contributed by atoms with Crippen molar-refractivity contribution >= 4 is 5.97 Å². The highest BCUT2D eigenvalue weighted by Gasteiger charge is 2.16. The van der Waals surface area contributed by atoms with Gasteiger partial charge in [-0.05, 0) is 53.2 Å². The van der Waals surface area contributed by atoms with Crippen LogP contribution in [0.15, 0.2) is 41.2 Å². The second-order valence-electron chi connectivity index (χ2n) is 6.06. The third kappa shape index (κ3) is 3.88. The number of ether oxygens (including phenoxy) is 3. The first kappa shape index (κ1) is 19.2. The lowest BCUT2D eigenvalue weighted by molar-refractivity contribution is -0.131. The van der Waals surface area contributed by atoms with Crippen LogP contribution in [0.5, 0.6) is 17.2 Å². The summed E-state index contributed by atoms with van der Waals surface area (Å²) in [6.45, 7) is 3.33. The minimum absolute atomic E-state index is 0.135. The Morgan fingerprint density at radius 1 is 1.14 bits per heavy atom. The van der Waals surface area contributed by atoms with Crippen LogP contribution in [0.3, 0.4) is 0 Å². The normalized spacial score (nSPS) is 10.6. The number of rotatable bonds is 6. The molecule has 0 spiro atoms. The molecule has 1 heterocycles. The first-order chi connectivity index (χ1) is 13.4. The van der Waals surface area contributed by atoms with Crippen molar-refractivity contribution in [2.45, 2.75) is 20.5 Å². The first-order valence-corrected chi connectivity index (χ1v) is 8.48. The molecule has 0 unspecified atom stereocenters. The predicted molar refractivity (Wildman–Crippen MR) is 100.0 cm³/mol. The maximum Gasteiger partial charge on any atom is 0.368 e. The average Bonchev–Trinajstić information content (AvgIpc) is 2.99. The summed E-state index contributed by atoms with van der Waals surface area (Å²) in [4.78, 5) is 23.3. The van der Waals surface area contributed by atoms with Crippen LogP contribution in [0, 0.1) is 6.92 Å². The van der Waals surface area contributed by atoms with Crippen LogP contribution in [-0.4, -0.2) is 32.9 Å². The number of methoxy groups -OCH3 is 1. The van der Waals surface area contributed by atoms with E-state index in [1.54, 1.807) is 43.5 Å². The number of esters is 1. The largest absolute Gasteiger partial charge is 0.496 e. The third-order valence-electron chi connectivity index (χ3n) is 4.06. The quantitative estimate of drug-likeness (QED) is 0.472. The zero-order valence-corrected chi connectivity index (χ0v) is 16.0. The molecule has 1 aromatic heterocycles. The Bertz CT molecular complexity index is 1070. The summed E-state index contributed by atoms with van der Waals surface area (Å²) in [5.41, 5.74) is 1.59. The Morgan fingerprint density at radius 2 is 1.93 bits per heavy atom. The number of hydrogen-bond acceptors (Lipinski definition) is 7. The van der Waals surface area contributed by atoms with E-state index in [1.807, 2.05) is 6.92 Å². The molecule has 0 saturated carbocycles. The fourth-order valence-corrected chi connectivity index (χ4v) is 2.72. The van der Waals surface area contributed by atoms with Gasteiger partial charge < -0.3 is 14.2 Å². The van der Waals surface area contributed by atoms with Gasteiger partial charge in [0.15, 0.2) is 0 Å². The summed E-state index contributed by atoms with van der Waals surface area (Å²) >= 11 is 0. The molecule has 0 aliphatic heterocycles. The number of benzene rings is 2. The van der Waals surface area contributed by atoms with Gasteiger partial charge in [0.25, 0.3) is 0 Å². The molecular weight excluding hydrogens is 364 g/mol. The van der Waals surface area contributed by atoms with Crippen LogP contribution in [0.1, 0.15) is 18.1 Å². The molecule has 28 heavy (non-hydrogen) atoms. The van der Waals surface area contributed by atoms with Crippen molar-refractivity contribution in [2.24, 2.45) is 7.05 Å². The van der Waals surface area contributed by atoms with Gasteiger partial charge >= 0.3 is 11.7 Å². The second kappa shape index (κ2) is 7.95. The van der Waals surface area contributed by atoms with Crippen LogP contribution in [-0.2, 0) is 18.4 Å². The van der Waals surface area contributed by atoms with Gasteiger partial charge in [0.1, 0.15) is 23.9 Å². The van der Waals surface area contributed by atoms with Crippen LogP contribution in [0.25, 0.3) is 5.69 Å². The molecule has 9 nitrogen and oxygen atoms in total. The summed E-state index contributed by atoms with van der Waals surface area (Å²) in [6.07, 6.45) is 0. The van der Waals surface area contributed by atoms with Gasteiger partial charge in [-0.3, -0.25) is 4.79 Å².